The molecular formula is C13H15N3O2. The van der Waals surface area contributed by atoms with E-state index in [1.165, 1.54) is 0 Å². The summed E-state index contributed by atoms with van der Waals surface area (Å²) < 4.78 is 0. The normalized spacial score (nSPS) is 12.3. The molecule has 0 fully saturated rings. The van der Waals surface area contributed by atoms with Crippen LogP contribution in [0.4, 0.5) is 0 Å². The maximum absolute atomic E-state index is 10.9. The van der Waals surface area contributed by atoms with Crippen molar-refractivity contribution < 1.29 is 9.90 Å². The smallest absolute Gasteiger partial charge is 0.306 e. The summed E-state index contributed by atoms with van der Waals surface area (Å²) in [6, 6.07) is 7.59. The third-order valence-electron chi connectivity index (χ3n) is 2.76. The molecule has 0 aliphatic heterocycles. The summed E-state index contributed by atoms with van der Waals surface area (Å²) in [5.74, 6) is -1.22. The van der Waals surface area contributed by atoms with Gasteiger partial charge < -0.3 is 5.11 Å². The van der Waals surface area contributed by atoms with Gasteiger partial charge in [0.1, 0.15) is 0 Å². The van der Waals surface area contributed by atoms with Gasteiger partial charge in [-0.05, 0) is 25.0 Å². The molecule has 1 aromatic carbocycles. The lowest BCUT2D eigenvalue weighted by Gasteiger charge is -2.10. The van der Waals surface area contributed by atoms with Gasteiger partial charge in [-0.2, -0.15) is 15.0 Å². The van der Waals surface area contributed by atoms with Gasteiger partial charge in [0.15, 0.2) is 0 Å². The number of carbonyl (C=O) groups is 1. The van der Waals surface area contributed by atoms with Gasteiger partial charge in [-0.3, -0.25) is 4.79 Å². The summed E-state index contributed by atoms with van der Waals surface area (Å²) in [5, 5.41) is 17.4. The van der Waals surface area contributed by atoms with E-state index in [0.717, 1.165) is 16.9 Å². The van der Waals surface area contributed by atoms with Crippen molar-refractivity contribution in [2.75, 3.05) is 0 Å². The second kappa shape index (κ2) is 5.00. The van der Waals surface area contributed by atoms with Crippen LogP contribution in [0.25, 0.3) is 5.69 Å². The van der Waals surface area contributed by atoms with Gasteiger partial charge in [0.2, 0.25) is 0 Å². The summed E-state index contributed by atoms with van der Waals surface area (Å²) in [5.41, 5.74) is 2.60. The van der Waals surface area contributed by atoms with Gasteiger partial charge in [-0.1, -0.05) is 25.1 Å². The number of benzene rings is 1. The molecule has 18 heavy (non-hydrogen) atoms. The van der Waals surface area contributed by atoms with Crippen LogP contribution in [0.5, 0.6) is 0 Å². The molecule has 0 amide bonds. The Balaban J connectivity index is 2.34. The third-order valence-corrected chi connectivity index (χ3v) is 2.76. The van der Waals surface area contributed by atoms with Gasteiger partial charge in [0, 0.05) is 0 Å². The highest BCUT2D eigenvalue weighted by Gasteiger charge is 2.15. The van der Waals surface area contributed by atoms with Crippen molar-refractivity contribution >= 4 is 5.97 Å². The molecular weight excluding hydrogens is 230 g/mol. The summed E-state index contributed by atoms with van der Waals surface area (Å²) >= 11 is 0. The van der Waals surface area contributed by atoms with E-state index in [-0.39, 0.29) is 0 Å². The van der Waals surface area contributed by atoms with Crippen molar-refractivity contribution in [1.29, 1.82) is 0 Å². The van der Waals surface area contributed by atoms with Crippen molar-refractivity contribution in [2.45, 2.75) is 20.3 Å². The zero-order chi connectivity index (χ0) is 13.1. The number of aliphatic carboxylic acids is 1. The zero-order valence-corrected chi connectivity index (χ0v) is 10.4. The van der Waals surface area contributed by atoms with E-state index < -0.39 is 11.9 Å². The maximum Gasteiger partial charge on any atom is 0.306 e. The monoisotopic (exact) mass is 245 g/mol. The lowest BCUT2D eigenvalue weighted by atomic mass is 10.00. The van der Waals surface area contributed by atoms with E-state index in [2.05, 4.69) is 10.2 Å². The van der Waals surface area contributed by atoms with E-state index in [9.17, 15) is 4.79 Å². The number of para-hydroxylation sites is 1. The SMILES string of the molecule is Cc1cnn(-c2ccccc2CC(C)C(=O)O)n1. The molecule has 0 saturated carbocycles. The number of aromatic nitrogens is 3. The minimum atomic E-state index is -0.797. The van der Waals surface area contributed by atoms with Crippen LogP contribution in [0.1, 0.15) is 18.2 Å². The quantitative estimate of drug-likeness (QED) is 0.892. The molecule has 1 unspecified atom stereocenters. The average Bonchev–Trinajstić information content (AvgIpc) is 2.76. The molecule has 1 aromatic heterocycles. The average molecular weight is 245 g/mol. The Bertz CT molecular complexity index is 563. The Morgan fingerprint density at radius 1 is 1.44 bits per heavy atom. The first-order chi connectivity index (χ1) is 8.58. The van der Waals surface area contributed by atoms with Crippen LogP contribution in [0.3, 0.4) is 0 Å². The molecule has 2 aromatic rings. The van der Waals surface area contributed by atoms with Crippen molar-refractivity contribution in [3.63, 3.8) is 0 Å². The Labute approximate surface area is 105 Å². The molecule has 1 heterocycles. The van der Waals surface area contributed by atoms with Crippen LogP contribution >= 0.6 is 0 Å². The highest BCUT2D eigenvalue weighted by atomic mass is 16.4. The van der Waals surface area contributed by atoms with Crippen LogP contribution in [-0.2, 0) is 11.2 Å². The molecule has 5 heteroatoms. The first-order valence-electron chi connectivity index (χ1n) is 5.78. The number of carboxylic acid groups (broad SMARTS) is 1. The largest absolute Gasteiger partial charge is 0.481 e. The zero-order valence-electron chi connectivity index (χ0n) is 10.4. The number of rotatable bonds is 4. The molecule has 0 bridgehead atoms. The molecule has 94 valence electrons. The summed E-state index contributed by atoms with van der Waals surface area (Å²) in [6.45, 7) is 3.56. The number of nitrogens with zero attached hydrogens (tertiary/aromatic N) is 3. The minimum absolute atomic E-state index is 0.428. The van der Waals surface area contributed by atoms with Crippen LogP contribution in [0.15, 0.2) is 30.5 Å². The van der Waals surface area contributed by atoms with E-state index >= 15 is 0 Å². The van der Waals surface area contributed by atoms with Crippen molar-refractivity contribution in [3.05, 3.63) is 41.7 Å². The number of aryl methyl sites for hydroxylation is 1. The first kappa shape index (κ1) is 12.3. The molecule has 0 spiro atoms. The van der Waals surface area contributed by atoms with Crippen LogP contribution in [0, 0.1) is 12.8 Å². The van der Waals surface area contributed by atoms with Crippen molar-refractivity contribution in [3.8, 4) is 5.69 Å². The molecule has 2 rings (SSSR count). The lowest BCUT2D eigenvalue weighted by Crippen LogP contribution is -2.14. The predicted molar refractivity (Wildman–Crippen MR) is 66.6 cm³/mol. The highest BCUT2D eigenvalue weighted by molar-refractivity contribution is 5.70. The Kier molecular flexibility index (Phi) is 3.41. The molecule has 1 N–H and O–H groups in total. The van der Waals surface area contributed by atoms with E-state index in [1.807, 2.05) is 31.2 Å². The van der Waals surface area contributed by atoms with Crippen LogP contribution in [-0.4, -0.2) is 26.1 Å². The topological polar surface area (TPSA) is 68.0 Å². The van der Waals surface area contributed by atoms with Crippen molar-refractivity contribution in [1.82, 2.24) is 15.0 Å². The Hall–Kier alpha value is -2.17. The standard InChI is InChI=1S/C13H15N3O2/c1-9(13(17)18)7-11-5-3-4-6-12(11)16-14-8-10(2)15-16/h3-6,8-9H,7H2,1-2H3,(H,17,18). The maximum atomic E-state index is 10.9. The number of hydrogen-bond donors (Lipinski definition) is 1. The molecule has 0 saturated heterocycles. The summed E-state index contributed by atoms with van der Waals surface area (Å²) in [6.07, 6.45) is 2.14. The van der Waals surface area contributed by atoms with Gasteiger partial charge in [0.25, 0.3) is 0 Å². The van der Waals surface area contributed by atoms with Crippen LogP contribution in [0.2, 0.25) is 0 Å². The summed E-state index contributed by atoms with van der Waals surface area (Å²) in [7, 11) is 0. The fraction of sp³-hybridized carbons (Fsp3) is 0.308. The van der Waals surface area contributed by atoms with Crippen LogP contribution < -0.4 is 0 Å². The van der Waals surface area contributed by atoms with E-state index in [4.69, 9.17) is 5.11 Å². The van der Waals surface area contributed by atoms with E-state index in [0.29, 0.717) is 6.42 Å². The lowest BCUT2D eigenvalue weighted by molar-refractivity contribution is -0.141. The summed E-state index contributed by atoms with van der Waals surface area (Å²) in [4.78, 5) is 12.5. The third kappa shape index (κ3) is 2.56. The highest BCUT2D eigenvalue weighted by Crippen LogP contribution is 2.17. The second-order valence-corrected chi connectivity index (χ2v) is 4.35. The number of carboxylic acids is 1. The van der Waals surface area contributed by atoms with Gasteiger partial charge in [-0.25, -0.2) is 0 Å². The molecule has 0 radical (unpaired) electrons. The van der Waals surface area contributed by atoms with E-state index in [1.54, 1.807) is 17.9 Å². The Morgan fingerprint density at radius 3 is 2.78 bits per heavy atom. The predicted octanol–water partition coefficient (Wildman–Crippen LogP) is 1.84. The second-order valence-electron chi connectivity index (χ2n) is 4.35. The fourth-order valence-corrected chi connectivity index (χ4v) is 1.75. The molecule has 5 nitrogen and oxygen atoms in total. The molecule has 0 aliphatic carbocycles. The van der Waals surface area contributed by atoms with Gasteiger partial charge in [0.05, 0.1) is 23.5 Å². The molecule has 1 atom stereocenters. The Morgan fingerprint density at radius 2 is 2.17 bits per heavy atom. The first-order valence-corrected chi connectivity index (χ1v) is 5.78. The molecule has 0 aliphatic rings. The van der Waals surface area contributed by atoms with Crippen molar-refractivity contribution in [2.24, 2.45) is 5.92 Å². The number of hydrogen-bond acceptors (Lipinski definition) is 3. The van der Waals surface area contributed by atoms with Gasteiger partial charge >= 0.3 is 5.97 Å². The minimum Gasteiger partial charge on any atom is -0.481 e. The van der Waals surface area contributed by atoms with Gasteiger partial charge in [-0.15, -0.1) is 0 Å². The fourth-order valence-electron chi connectivity index (χ4n) is 1.75.